The summed E-state index contributed by atoms with van der Waals surface area (Å²) < 4.78 is 5.86. The Bertz CT molecular complexity index is 1180. The van der Waals surface area contributed by atoms with Gasteiger partial charge < -0.3 is 20.7 Å². The summed E-state index contributed by atoms with van der Waals surface area (Å²) in [6.45, 7) is 5.54. The molecule has 2 aliphatic heterocycles. The Labute approximate surface area is 216 Å². The molecule has 0 radical (unpaired) electrons. The summed E-state index contributed by atoms with van der Waals surface area (Å²) in [6, 6.07) is 13.4. The second-order valence-electron chi connectivity index (χ2n) is 10.1. The molecular formula is C27H34N6O4. The van der Waals surface area contributed by atoms with Crippen LogP contribution in [0.4, 0.5) is 0 Å². The summed E-state index contributed by atoms with van der Waals surface area (Å²) >= 11 is 0. The van der Waals surface area contributed by atoms with Crippen LogP contribution in [0.2, 0.25) is 0 Å². The minimum Gasteiger partial charge on any atom is -0.374 e. The molecule has 1 fully saturated rings. The molecule has 4 rings (SSSR count). The van der Waals surface area contributed by atoms with Crippen LogP contribution in [0.3, 0.4) is 0 Å². The van der Waals surface area contributed by atoms with Crippen LogP contribution in [-0.4, -0.2) is 76.1 Å². The highest BCUT2D eigenvalue weighted by Crippen LogP contribution is 2.42. The smallest absolute Gasteiger partial charge is 0.262 e. The number of aromatic nitrogens is 1. The van der Waals surface area contributed by atoms with Crippen molar-refractivity contribution in [2.75, 3.05) is 20.2 Å². The van der Waals surface area contributed by atoms with Gasteiger partial charge in [-0.05, 0) is 38.5 Å². The van der Waals surface area contributed by atoms with Crippen LogP contribution in [0, 0.1) is 0 Å². The highest BCUT2D eigenvalue weighted by atomic mass is 16.5. The highest BCUT2D eigenvalue weighted by Gasteiger charge is 2.60. The molecule has 196 valence electrons. The van der Waals surface area contributed by atoms with Crippen LogP contribution >= 0.6 is 0 Å². The van der Waals surface area contributed by atoms with E-state index < -0.39 is 28.9 Å². The number of amides is 3. The lowest BCUT2D eigenvalue weighted by atomic mass is 9.69. The molecule has 37 heavy (non-hydrogen) atoms. The van der Waals surface area contributed by atoms with Gasteiger partial charge in [-0.3, -0.25) is 19.4 Å². The molecule has 1 aromatic heterocycles. The average molecular weight is 507 g/mol. The number of likely N-dealkylation sites (N-methyl/N-ethyl adjacent to an activating group) is 1. The lowest BCUT2D eigenvalue weighted by Gasteiger charge is -2.46. The van der Waals surface area contributed by atoms with Gasteiger partial charge in [0.2, 0.25) is 11.8 Å². The molecule has 2 aliphatic rings. The standard InChI is InChI=1S/C27H34N6O4/c1-18-27(21-12-8-9-14-29-21)22(31-32(4)25(27)36)13-15-33(18)23(34)20(30-24(35)26(2,3)28)17-37-16-19-10-6-5-7-11-19/h5-12,14,18,20H,13,15-17,28H2,1-4H3,(H,30,35)/t18?,20-,27+/m1/s1. The van der Waals surface area contributed by atoms with Gasteiger partial charge in [0.1, 0.15) is 6.04 Å². The third-order valence-electron chi connectivity index (χ3n) is 6.98. The number of fused-ring (bicyclic) bond motifs is 1. The van der Waals surface area contributed by atoms with E-state index in [-0.39, 0.29) is 25.0 Å². The lowest BCUT2D eigenvalue weighted by Crippen LogP contribution is -2.66. The van der Waals surface area contributed by atoms with E-state index in [2.05, 4.69) is 15.4 Å². The van der Waals surface area contributed by atoms with Crippen molar-refractivity contribution in [1.82, 2.24) is 20.2 Å². The van der Waals surface area contributed by atoms with E-state index in [1.807, 2.05) is 43.3 Å². The Morgan fingerprint density at radius 1 is 1.22 bits per heavy atom. The highest BCUT2D eigenvalue weighted by molar-refractivity contribution is 6.18. The number of nitrogens with one attached hydrogen (secondary N) is 1. The SMILES string of the molecule is CC1N(C(=O)[C@@H](COCc2ccccc2)NC(=O)C(C)(C)N)CCC2=NN(C)C(=O)[C@@]21c1ccccn1. The van der Waals surface area contributed by atoms with Crippen molar-refractivity contribution >= 4 is 23.4 Å². The maximum atomic E-state index is 14.0. The molecule has 10 heteroatoms. The maximum absolute atomic E-state index is 14.0. The summed E-state index contributed by atoms with van der Waals surface area (Å²) in [5.74, 6) is -1.07. The van der Waals surface area contributed by atoms with E-state index in [9.17, 15) is 14.4 Å². The number of hydrazone groups is 1. The molecule has 10 nitrogen and oxygen atoms in total. The monoisotopic (exact) mass is 506 g/mol. The number of ether oxygens (including phenoxy) is 1. The van der Waals surface area contributed by atoms with Gasteiger partial charge in [0.15, 0.2) is 5.41 Å². The number of piperidine rings is 1. The molecule has 3 heterocycles. The lowest BCUT2D eigenvalue weighted by molar-refractivity contribution is -0.144. The molecule has 3 N–H and O–H groups in total. The van der Waals surface area contributed by atoms with Crippen molar-refractivity contribution in [3.05, 3.63) is 66.0 Å². The zero-order valence-corrected chi connectivity index (χ0v) is 21.7. The number of benzene rings is 1. The maximum Gasteiger partial charge on any atom is 0.262 e. The zero-order chi connectivity index (χ0) is 26.8. The first-order chi connectivity index (χ1) is 17.6. The zero-order valence-electron chi connectivity index (χ0n) is 21.7. The number of carbonyl (C=O) groups is 3. The summed E-state index contributed by atoms with van der Waals surface area (Å²) in [6.07, 6.45) is 2.03. The third-order valence-corrected chi connectivity index (χ3v) is 6.98. The van der Waals surface area contributed by atoms with Crippen LogP contribution < -0.4 is 11.1 Å². The van der Waals surface area contributed by atoms with E-state index in [4.69, 9.17) is 10.5 Å². The third kappa shape index (κ3) is 4.99. The fourth-order valence-electron chi connectivity index (χ4n) is 4.96. The summed E-state index contributed by atoms with van der Waals surface area (Å²) in [5, 5.41) is 8.60. The van der Waals surface area contributed by atoms with Crippen LogP contribution in [0.1, 0.15) is 38.4 Å². The van der Waals surface area contributed by atoms with E-state index in [0.29, 0.717) is 24.4 Å². The Kier molecular flexibility index (Phi) is 7.42. The molecular weight excluding hydrogens is 472 g/mol. The van der Waals surface area contributed by atoms with Crippen LogP contribution in [0.5, 0.6) is 0 Å². The minimum atomic E-state index is -1.20. The van der Waals surface area contributed by atoms with Crippen molar-refractivity contribution < 1.29 is 19.1 Å². The van der Waals surface area contributed by atoms with Crippen LogP contribution in [-0.2, 0) is 31.1 Å². The molecule has 0 saturated carbocycles. The Hall–Kier alpha value is -3.63. The number of pyridine rings is 1. The van der Waals surface area contributed by atoms with E-state index in [1.54, 1.807) is 44.1 Å². The fourth-order valence-corrected chi connectivity index (χ4v) is 4.96. The number of rotatable bonds is 8. The number of likely N-dealkylation sites (tertiary alicyclic amines) is 1. The average Bonchev–Trinajstić information content (AvgIpc) is 3.14. The Balaban J connectivity index is 1.62. The van der Waals surface area contributed by atoms with Crippen molar-refractivity contribution in [2.45, 2.75) is 56.8 Å². The second kappa shape index (κ2) is 10.4. The predicted octanol–water partition coefficient (Wildman–Crippen LogP) is 1.21. The Morgan fingerprint density at radius 3 is 2.57 bits per heavy atom. The van der Waals surface area contributed by atoms with Gasteiger partial charge in [-0.25, -0.2) is 5.01 Å². The summed E-state index contributed by atoms with van der Waals surface area (Å²) in [5.41, 5.74) is 5.78. The molecule has 2 aromatic rings. The van der Waals surface area contributed by atoms with Crippen LogP contribution in [0.25, 0.3) is 0 Å². The van der Waals surface area contributed by atoms with Gasteiger partial charge in [0.05, 0.1) is 36.2 Å². The molecule has 0 spiro atoms. The van der Waals surface area contributed by atoms with Gasteiger partial charge >= 0.3 is 0 Å². The molecule has 1 saturated heterocycles. The second-order valence-corrected chi connectivity index (χ2v) is 10.1. The molecule has 0 bridgehead atoms. The molecule has 3 amide bonds. The first-order valence-electron chi connectivity index (χ1n) is 12.4. The van der Waals surface area contributed by atoms with E-state index >= 15 is 0 Å². The van der Waals surface area contributed by atoms with Crippen molar-refractivity contribution in [3.8, 4) is 0 Å². The topological polar surface area (TPSA) is 130 Å². The van der Waals surface area contributed by atoms with Gasteiger partial charge in [-0.15, -0.1) is 0 Å². The number of hydrogen-bond donors (Lipinski definition) is 2. The number of nitrogens with zero attached hydrogens (tertiary/aromatic N) is 4. The van der Waals surface area contributed by atoms with Gasteiger partial charge in [-0.2, -0.15) is 5.10 Å². The Morgan fingerprint density at radius 2 is 1.92 bits per heavy atom. The van der Waals surface area contributed by atoms with Gasteiger partial charge in [0.25, 0.3) is 5.91 Å². The van der Waals surface area contributed by atoms with Gasteiger partial charge in [0, 0.05) is 26.2 Å². The molecule has 0 aliphatic carbocycles. The number of carbonyl (C=O) groups excluding carboxylic acids is 3. The molecule has 1 aromatic carbocycles. The first kappa shape index (κ1) is 26.4. The van der Waals surface area contributed by atoms with E-state index in [1.165, 1.54) is 5.01 Å². The van der Waals surface area contributed by atoms with E-state index in [0.717, 1.165) is 5.56 Å². The predicted molar refractivity (Wildman–Crippen MR) is 138 cm³/mol. The van der Waals surface area contributed by atoms with Crippen molar-refractivity contribution in [1.29, 1.82) is 0 Å². The number of hydrogen-bond acceptors (Lipinski definition) is 7. The normalized spacial score (nSPS) is 22.4. The first-order valence-corrected chi connectivity index (χ1v) is 12.4. The quantitative estimate of drug-likeness (QED) is 0.554. The molecule has 3 atom stereocenters. The molecule has 1 unspecified atom stereocenters. The van der Waals surface area contributed by atoms with Crippen molar-refractivity contribution in [3.63, 3.8) is 0 Å². The van der Waals surface area contributed by atoms with Crippen molar-refractivity contribution in [2.24, 2.45) is 10.8 Å². The number of nitrogens with two attached hydrogens (primary N) is 1. The summed E-state index contributed by atoms with van der Waals surface area (Å²) in [7, 11) is 1.61. The minimum absolute atomic E-state index is 0.0514. The fraction of sp³-hybridized carbons (Fsp3) is 0.444. The largest absolute Gasteiger partial charge is 0.374 e. The van der Waals surface area contributed by atoms with Gasteiger partial charge in [-0.1, -0.05) is 36.4 Å². The van der Waals surface area contributed by atoms with Crippen LogP contribution in [0.15, 0.2) is 59.8 Å². The summed E-state index contributed by atoms with van der Waals surface area (Å²) in [4.78, 5) is 46.5.